The molecule has 0 bridgehead atoms. The first-order chi connectivity index (χ1) is 30.2. The van der Waals surface area contributed by atoms with Crippen molar-refractivity contribution in [2.24, 2.45) is 0 Å². The SMILES string of the molecule is c1ccc(-c2cccc(-c3ccc(N(c4ccc(-c5cccc6c5sc5ccccc56)cc4)c4ccccc4-c4cccc5oc6c7ccccc7ccc6c45)cc3)c2)cc1. The smallest absolute Gasteiger partial charge is 0.143 e. The van der Waals surface area contributed by atoms with Crippen molar-refractivity contribution in [2.75, 3.05) is 4.90 Å². The number of fused-ring (bicyclic) bond motifs is 8. The van der Waals surface area contributed by atoms with Crippen LogP contribution in [-0.4, -0.2) is 0 Å². The van der Waals surface area contributed by atoms with Crippen LogP contribution >= 0.6 is 11.3 Å². The number of para-hydroxylation sites is 1. The molecule has 0 atom stereocenters. The van der Waals surface area contributed by atoms with Gasteiger partial charge in [-0.1, -0.05) is 170 Å². The van der Waals surface area contributed by atoms with Crippen molar-refractivity contribution in [2.45, 2.75) is 0 Å². The Morgan fingerprint density at radius 1 is 0.361 bits per heavy atom. The molecule has 2 heterocycles. The topological polar surface area (TPSA) is 16.4 Å². The summed E-state index contributed by atoms with van der Waals surface area (Å²) in [7, 11) is 0. The molecular formula is C58H37NOS. The first kappa shape index (κ1) is 35.2. The third-order valence-corrected chi connectivity index (χ3v) is 13.3. The van der Waals surface area contributed by atoms with Crippen molar-refractivity contribution in [3.8, 4) is 44.5 Å². The normalized spacial score (nSPS) is 11.6. The van der Waals surface area contributed by atoms with Gasteiger partial charge in [0.25, 0.3) is 0 Å². The van der Waals surface area contributed by atoms with E-state index in [4.69, 9.17) is 4.42 Å². The number of rotatable bonds is 7. The molecule has 0 fully saturated rings. The lowest BCUT2D eigenvalue weighted by Gasteiger charge is -2.28. The Morgan fingerprint density at radius 3 is 1.77 bits per heavy atom. The van der Waals surface area contributed by atoms with E-state index >= 15 is 0 Å². The second-order valence-electron chi connectivity index (χ2n) is 15.6. The molecule has 0 N–H and O–H groups in total. The minimum absolute atomic E-state index is 0.882. The molecule has 0 saturated carbocycles. The number of thiophene rings is 1. The monoisotopic (exact) mass is 795 g/mol. The van der Waals surface area contributed by atoms with Crippen LogP contribution in [0.3, 0.4) is 0 Å². The number of hydrogen-bond donors (Lipinski definition) is 0. The van der Waals surface area contributed by atoms with Crippen molar-refractivity contribution in [1.29, 1.82) is 0 Å². The van der Waals surface area contributed by atoms with Crippen LogP contribution in [0.25, 0.3) is 97.4 Å². The summed E-state index contributed by atoms with van der Waals surface area (Å²) in [6.07, 6.45) is 0. The lowest BCUT2D eigenvalue weighted by atomic mass is 9.95. The zero-order valence-electron chi connectivity index (χ0n) is 33.1. The van der Waals surface area contributed by atoms with Gasteiger partial charge in [-0.15, -0.1) is 11.3 Å². The van der Waals surface area contributed by atoms with E-state index in [2.05, 4.69) is 229 Å². The zero-order chi connectivity index (χ0) is 40.3. The molecule has 0 spiro atoms. The molecule has 61 heavy (non-hydrogen) atoms. The van der Waals surface area contributed by atoms with Crippen LogP contribution in [-0.2, 0) is 0 Å². The summed E-state index contributed by atoms with van der Waals surface area (Å²) < 4.78 is 9.31. The molecule has 286 valence electrons. The second kappa shape index (κ2) is 14.5. The average molecular weight is 796 g/mol. The molecule has 0 aliphatic heterocycles. The van der Waals surface area contributed by atoms with Crippen LogP contribution in [0.4, 0.5) is 17.1 Å². The van der Waals surface area contributed by atoms with E-state index in [1.165, 1.54) is 58.9 Å². The third kappa shape index (κ3) is 6.01. The standard InChI is InChI=1S/C58H37NOS/c1-2-13-38(14-3-1)42-16-10-17-43(37-42)39-27-32-44(33-28-39)59(45-34-29-41(30-35-45)47-21-11-23-51-49-20-7-9-26-55(49)61-58(47)51)53-24-8-6-19-48(53)50-22-12-25-54-56(50)52-36-31-40-15-4-5-18-46(40)57(52)60-54/h1-37H. The maximum absolute atomic E-state index is 6.68. The Labute approximate surface area is 357 Å². The van der Waals surface area contributed by atoms with Gasteiger partial charge in [-0.25, -0.2) is 0 Å². The Hall–Kier alpha value is -7.72. The first-order valence-corrected chi connectivity index (χ1v) is 21.6. The molecule has 2 aromatic heterocycles. The molecule has 0 aliphatic carbocycles. The van der Waals surface area contributed by atoms with Crippen molar-refractivity contribution >= 4 is 81.3 Å². The summed E-state index contributed by atoms with van der Waals surface area (Å²) in [5.74, 6) is 0. The number of anilines is 3. The van der Waals surface area contributed by atoms with Gasteiger partial charge >= 0.3 is 0 Å². The molecule has 0 aliphatic rings. The lowest BCUT2D eigenvalue weighted by Crippen LogP contribution is -2.11. The summed E-state index contributed by atoms with van der Waals surface area (Å²) in [5, 5.41) is 7.15. The molecule has 12 aromatic rings. The van der Waals surface area contributed by atoms with Crippen molar-refractivity contribution < 1.29 is 4.42 Å². The van der Waals surface area contributed by atoms with E-state index in [1.54, 1.807) is 0 Å². The molecule has 2 nitrogen and oxygen atoms in total. The van der Waals surface area contributed by atoms with Crippen LogP contribution in [0.1, 0.15) is 0 Å². The highest BCUT2D eigenvalue weighted by Gasteiger charge is 2.21. The predicted molar refractivity (Wildman–Crippen MR) is 261 cm³/mol. The fourth-order valence-electron chi connectivity index (χ4n) is 9.18. The largest absolute Gasteiger partial charge is 0.455 e. The van der Waals surface area contributed by atoms with Crippen molar-refractivity contribution in [3.63, 3.8) is 0 Å². The summed E-state index contributed by atoms with van der Waals surface area (Å²) >= 11 is 1.87. The molecule has 3 heteroatoms. The molecular weight excluding hydrogens is 759 g/mol. The highest BCUT2D eigenvalue weighted by molar-refractivity contribution is 7.26. The van der Waals surface area contributed by atoms with Crippen LogP contribution in [0.15, 0.2) is 229 Å². The van der Waals surface area contributed by atoms with Crippen LogP contribution in [0.2, 0.25) is 0 Å². The Bertz CT molecular complexity index is 3580. The fourth-order valence-corrected chi connectivity index (χ4v) is 10.4. The third-order valence-electron chi connectivity index (χ3n) is 12.1. The second-order valence-corrected chi connectivity index (χ2v) is 16.7. The molecule has 0 amide bonds. The average Bonchev–Trinajstić information content (AvgIpc) is 3.92. The fraction of sp³-hybridized carbons (Fsp3) is 0. The molecule has 10 aromatic carbocycles. The van der Waals surface area contributed by atoms with E-state index in [0.717, 1.165) is 55.5 Å². The van der Waals surface area contributed by atoms with Gasteiger partial charge in [0.05, 0.1) is 5.69 Å². The molecule has 0 unspecified atom stereocenters. The molecule has 0 saturated heterocycles. The number of benzene rings is 10. The number of nitrogens with zero attached hydrogens (tertiary/aromatic N) is 1. The quantitative estimate of drug-likeness (QED) is 0.160. The van der Waals surface area contributed by atoms with Gasteiger partial charge < -0.3 is 9.32 Å². The highest BCUT2D eigenvalue weighted by atomic mass is 32.1. The van der Waals surface area contributed by atoms with Gasteiger partial charge in [-0.05, 0) is 98.9 Å². The van der Waals surface area contributed by atoms with Crippen molar-refractivity contribution in [1.82, 2.24) is 0 Å². The van der Waals surface area contributed by atoms with E-state index in [-0.39, 0.29) is 0 Å². The molecule has 12 rings (SSSR count). The first-order valence-electron chi connectivity index (χ1n) is 20.7. The van der Waals surface area contributed by atoms with Gasteiger partial charge in [0.2, 0.25) is 0 Å². The van der Waals surface area contributed by atoms with Gasteiger partial charge in [0, 0.05) is 53.3 Å². The van der Waals surface area contributed by atoms with Crippen LogP contribution in [0, 0.1) is 0 Å². The minimum atomic E-state index is 0.882. The maximum Gasteiger partial charge on any atom is 0.143 e. The zero-order valence-corrected chi connectivity index (χ0v) is 33.9. The van der Waals surface area contributed by atoms with Crippen molar-refractivity contribution in [3.05, 3.63) is 224 Å². The van der Waals surface area contributed by atoms with E-state index in [0.29, 0.717) is 0 Å². The van der Waals surface area contributed by atoms with E-state index < -0.39 is 0 Å². The minimum Gasteiger partial charge on any atom is -0.455 e. The Kier molecular flexibility index (Phi) is 8.39. The van der Waals surface area contributed by atoms with Gasteiger partial charge in [-0.2, -0.15) is 0 Å². The lowest BCUT2D eigenvalue weighted by molar-refractivity contribution is 0.673. The number of furan rings is 1. The Morgan fingerprint density at radius 2 is 0.951 bits per heavy atom. The van der Waals surface area contributed by atoms with E-state index in [1.807, 2.05) is 11.3 Å². The van der Waals surface area contributed by atoms with Gasteiger partial charge in [0.15, 0.2) is 0 Å². The molecule has 0 radical (unpaired) electrons. The van der Waals surface area contributed by atoms with Gasteiger partial charge in [0.1, 0.15) is 11.2 Å². The van der Waals surface area contributed by atoms with Crippen LogP contribution in [0.5, 0.6) is 0 Å². The number of hydrogen-bond acceptors (Lipinski definition) is 3. The summed E-state index contributed by atoms with van der Waals surface area (Å²) in [5.41, 5.74) is 14.5. The highest BCUT2D eigenvalue weighted by Crippen LogP contribution is 2.47. The predicted octanol–water partition coefficient (Wildman–Crippen LogP) is 17.2. The van der Waals surface area contributed by atoms with Gasteiger partial charge in [-0.3, -0.25) is 0 Å². The summed E-state index contributed by atoms with van der Waals surface area (Å²) in [6, 6.07) is 81.1. The van der Waals surface area contributed by atoms with E-state index in [9.17, 15) is 0 Å². The maximum atomic E-state index is 6.68. The Balaban J connectivity index is 1.01. The van der Waals surface area contributed by atoms with Crippen LogP contribution < -0.4 is 4.90 Å². The summed E-state index contributed by atoms with van der Waals surface area (Å²) in [6.45, 7) is 0. The summed E-state index contributed by atoms with van der Waals surface area (Å²) in [4.78, 5) is 2.40.